The molecular formula is C14H14O5. The van der Waals surface area contributed by atoms with Gasteiger partial charge in [-0.15, -0.1) is 0 Å². The zero-order chi connectivity index (χ0) is 13.8. The first-order valence-electron chi connectivity index (χ1n) is 6.08. The van der Waals surface area contributed by atoms with Crippen LogP contribution in [0.4, 0.5) is 0 Å². The molecule has 1 aromatic carbocycles. The van der Waals surface area contributed by atoms with E-state index in [9.17, 15) is 14.4 Å². The monoisotopic (exact) mass is 262 g/mol. The predicted octanol–water partition coefficient (Wildman–Crippen LogP) is 2.14. The lowest BCUT2D eigenvalue weighted by atomic mass is 10.0. The van der Waals surface area contributed by atoms with E-state index in [0.29, 0.717) is 25.7 Å². The Morgan fingerprint density at radius 3 is 2.68 bits per heavy atom. The zero-order valence-corrected chi connectivity index (χ0v) is 10.6. The summed E-state index contributed by atoms with van der Waals surface area (Å²) in [5.41, 5.74) is 0.531. The largest absolute Gasteiger partial charge is 0.465 e. The maximum atomic E-state index is 12.0. The number of carbonyl (C=O) groups is 3. The number of ketones is 1. The molecule has 0 aliphatic carbocycles. The van der Waals surface area contributed by atoms with Crippen molar-refractivity contribution >= 4 is 17.7 Å². The highest BCUT2D eigenvalue weighted by Crippen LogP contribution is 2.25. The Hall–Kier alpha value is -2.17. The Balaban J connectivity index is 2.43. The van der Waals surface area contributed by atoms with E-state index in [4.69, 9.17) is 4.74 Å². The highest BCUT2D eigenvalue weighted by atomic mass is 16.5. The SMILES string of the molecule is COC(=O)c1ccc2c(c1)C(=O)CCCCC(=O)O2. The van der Waals surface area contributed by atoms with Gasteiger partial charge in [0.15, 0.2) is 5.78 Å². The van der Waals surface area contributed by atoms with E-state index >= 15 is 0 Å². The summed E-state index contributed by atoms with van der Waals surface area (Å²) < 4.78 is 9.75. The third-order valence-electron chi connectivity index (χ3n) is 2.96. The molecule has 100 valence electrons. The van der Waals surface area contributed by atoms with Crippen LogP contribution in [0.3, 0.4) is 0 Å². The van der Waals surface area contributed by atoms with Crippen LogP contribution in [0.2, 0.25) is 0 Å². The molecule has 2 rings (SSSR count). The molecule has 0 unspecified atom stereocenters. The van der Waals surface area contributed by atoms with Gasteiger partial charge in [0, 0.05) is 12.8 Å². The van der Waals surface area contributed by atoms with E-state index < -0.39 is 5.97 Å². The maximum Gasteiger partial charge on any atom is 0.337 e. The molecule has 0 spiro atoms. The fraction of sp³-hybridized carbons (Fsp3) is 0.357. The van der Waals surface area contributed by atoms with Crippen molar-refractivity contribution in [3.05, 3.63) is 29.3 Å². The molecule has 1 aromatic rings. The first kappa shape index (κ1) is 13.3. The van der Waals surface area contributed by atoms with Crippen LogP contribution in [0.1, 0.15) is 46.4 Å². The standard InChI is InChI=1S/C14H14O5/c1-18-14(17)9-6-7-12-10(8-9)11(15)4-2-3-5-13(16)19-12/h6-8H,2-5H2,1H3. The van der Waals surface area contributed by atoms with Crippen LogP contribution < -0.4 is 4.74 Å². The molecule has 0 bridgehead atoms. The van der Waals surface area contributed by atoms with Gasteiger partial charge in [0.05, 0.1) is 18.2 Å². The molecule has 5 nitrogen and oxygen atoms in total. The van der Waals surface area contributed by atoms with Gasteiger partial charge in [0.2, 0.25) is 0 Å². The van der Waals surface area contributed by atoms with Crippen molar-refractivity contribution in [2.24, 2.45) is 0 Å². The van der Waals surface area contributed by atoms with Crippen LogP contribution in [-0.4, -0.2) is 24.8 Å². The highest BCUT2D eigenvalue weighted by Gasteiger charge is 2.20. The summed E-state index contributed by atoms with van der Waals surface area (Å²) in [6.45, 7) is 0. The number of rotatable bonds is 1. The summed E-state index contributed by atoms with van der Waals surface area (Å²) in [5.74, 6) is -0.802. The Labute approximate surface area is 110 Å². The van der Waals surface area contributed by atoms with E-state index in [1.807, 2.05) is 0 Å². The van der Waals surface area contributed by atoms with Crippen molar-refractivity contribution in [2.75, 3.05) is 7.11 Å². The van der Waals surface area contributed by atoms with Gasteiger partial charge < -0.3 is 9.47 Å². The van der Waals surface area contributed by atoms with E-state index in [-0.39, 0.29) is 28.6 Å². The van der Waals surface area contributed by atoms with E-state index in [0.717, 1.165) is 0 Å². The minimum atomic E-state index is -0.526. The molecule has 0 saturated carbocycles. The normalized spacial score (nSPS) is 15.6. The summed E-state index contributed by atoms with van der Waals surface area (Å²) in [5, 5.41) is 0. The Bertz CT molecular complexity index is 533. The second-order valence-electron chi connectivity index (χ2n) is 4.31. The van der Waals surface area contributed by atoms with Crippen molar-refractivity contribution in [3.8, 4) is 5.75 Å². The molecular weight excluding hydrogens is 248 g/mol. The summed E-state index contributed by atoms with van der Waals surface area (Å²) >= 11 is 0. The fourth-order valence-corrected chi connectivity index (χ4v) is 1.94. The number of methoxy groups -OCH3 is 1. The minimum Gasteiger partial charge on any atom is -0.465 e. The van der Waals surface area contributed by atoms with Crippen LogP contribution in [0, 0.1) is 0 Å². The summed E-state index contributed by atoms with van der Waals surface area (Å²) in [7, 11) is 1.27. The van der Waals surface area contributed by atoms with Crippen LogP contribution in [0.15, 0.2) is 18.2 Å². The highest BCUT2D eigenvalue weighted by molar-refractivity contribution is 6.02. The maximum absolute atomic E-state index is 12.0. The van der Waals surface area contributed by atoms with Crippen LogP contribution in [0.25, 0.3) is 0 Å². The van der Waals surface area contributed by atoms with Crippen molar-refractivity contribution in [3.63, 3.8) is 0 Å². The van der Waals surface area contributed by atoms with Crippen molar-refractivity contribution < 1.29 is 23.9 Å². The molecule has 19 heavy (non-hydrogen) atoms. The number of benzene rings is 1. The zero-order valence-electron chi connectivity index (χ0n) is 10.6. The Morgan fingerprint density at radius 2 is 1.95 bits per heavy atom. The second-order valence-corrected chi connectivity index (χ2v) is 4.31. The molecule has 0 aromatic heterocycles. The number of Topliss-reactive ketones (excluding diaryl/α,β-unsaturated/α-hetero) is 1. The van der Waals surface area contributed by atoms with Gasteiger partial charge in [-0.3, -0.25) is 9.59 Å². The van der Waals surface area contributed by atoms with Gasteiger partial charge in [-0.2, -0.15) is 0 Å². The molecule has 0 saturated heterocycles. The van der Waals surface area contributed by atoms with E-state index in [2.05, 4.69) is 4.74 Å². The van der Waals surface area contributed by atoms with Gasteiger partial charge in [0.1, 0.15) is 5.75 Å². The van der Waals surface area contributed by atoms with Crippen molar-refractivity contribution in [1.29, 1.82) is 0 Å². The number of fused-ring (bicyclic) bond motifs is 1. The molecule has 0 N–H and O–H groups in total. The van der Waals surface area contributed by atoms with Gasteiger partial charge in [0.25, 0.3) is 0 Å². The molecule has 0 amide bonds. The lowest BCUT2D eigenvalue weighted by molar-refractivity contribution is -0.134. The van der Waals surface area contributed by atoms with Gasteiger partial charge in [-0.25, -0.2) is 4.79 Å². The molecule has 1 aliphatic rings. The van der Waals surface area contributed by atoms with Gasteiger partial charge in [-0.1, -0.05) is 0 Å². The third kappa shape index (κ3) is 2.99. The van der Waals surface area contributed by atoms with Crippen LogP contribution in [0.5, 0.6) is 5.75 Å². The molecule has 5 heteroatoms. The summed E-state index contributed by atoms with van der Waals surface area (Å²) in [6, 6.07) is 4.36. The summed E-state index contributed by atoms with van der Waals surface area (Å²) in [6.07, 6.45) is 1.90. The number of hydrogen-bond acceptors (Lipinski definition) is 5. The average Bonchev–Trinajstić information content (AvgIpc) is 2.48. The van der Waals surface area contributed by atoms with E-state index in [1.165, 1.54) is 25.3 Å². The molecule has 0 radical (unpaired) electrons. The number of esters is 2. The summed E-state index contributed by atoms with van der Waals surface area (Å²) in [4.78, 5) is 35.0. The molecule has 1 heterocycles. The van der Waals surface area contributed by atoms with Gasteiger partial charge >= 0.3 is 11.9 Å². The lowest BCUT2D eigenvalue weighted by Gasteiger charge is -2.09. The van der Waals surface area contributed by atoms with Crippen molar-refractivity contribution in [1.82, 2.24) is 0 Å². The second kappa shape index (κ2) is 5.65. The minimum absolute atomic E-state index is 0.129. The van der Waals surface area contributed by atoms with Crippen LogP contribution >= 0.6 is 0 Å². The fourth-order valence-electron chi connectivity index (χ4n) is 1.94. The van der Waals surface area contributed by atoms with Gasteiger partial charge in [-0.05, 0) is 31.0 Å². The topological polar surface area (TPSA) is 69.7 Å². The van der Waals surface area contributed by atoms with Crippen LogP contribution in [-0.2, 0) is 9.53 Å². The van der Waals surface area contributed by atoms with Crippen molar-refractivity contribution in [2.45, 2.75) is 25.7 Å². The lowest BCUT2D eigenvalue weighted by Crippen LogP contribution is -2.10. The first-order valence-corrected chi connectivity index (χ1v) is 6.08. The first-order chi connectivity index (χ1) is 9.11. The average molecular weight is 262 g/mol. The quantitative estimate of drug-likeness (QED) is 0.572. The molecule has 0 atom stereocenters. The third-order valence-corrected chi connectivity index (χ3v) is 2.96. The smallest absolute Gasteiger partial charge is 0.337 e. The molecule has 1 aliphatic heterocycles. The number of hydrogen-bond donors (Lipinski definition) is 0. The Morgan fingerprint density at radius 1 is 1.21 bits per heavy atom. The Kier molecular flexibility index (Phi) is 3.94. The van der Waals surface area contributed by atoms with E-state index in [1.54, 1.807) is 0 Å². The number of carbonyl (C=O) groups excluding carboxylic acids is 3. The number of ether oxygens (including phenoxy) is 2. The molecule has 0 fully saturated rings. The predicted molar refractivity (Wildman–Crippen MR) is 66.2 cm³/mol.